The van der Waals surface area contributed by atoms with Crippen LogP contribution in [0.25, 0.3) is 22.3 Å². The van der Waals surface area contributed by atoms with Crippen LogP contribution in [0.3, 0.4) is 0 Å². The molecule has 0 atom stereocenters. The Hall–Kier alpha value is -3.29. The predicted octanol–water partition coefficient (Wildman–Crippen LogP) is 0.177. The fourth-order valence-corrected chi connectivity index (χ4v) is 2.82. The van der Waals surface area contributed by atoms with Crippen LogP contribution in [0.2, 0.25) is 0 Å². The van der Waals surface area contributed by atoms with Crippen molar-refractivity contribution in [2.45, 2.75) is 20.4 Å². The van der Waals surface area contributed by atoms with Crippen molar-refractivity contribution in [1.82, 2.24) is 19.1 Å². The molecule has 0 saturated carbocycles. The van der Waals surface area contributed by atoms with Crippen LogP contribution in [0, 0.1) is 5.92 Å². The smallest absolute Gasteiger partial charge is 0.332 e. The van der Waals surface area contributed by atoms with E-state index in [4.69, 9.17) is 0 Å². The first kappa shape index (κ1) is 17.5. The standard InChI is InChI=1S/C18H18N4O4/c1-10(2)9-22-15-14(16(23)21(3)18(22)26)12(17(24)25)7-13(20-15)11-5-4-6-19-8-11/h4-8,10H,9H2,1-3H3,(H,24,25)/p-1. The maximum Gasteiger partial charge on any atom is 0.332 e. The summed E-state index contributed by atoms with van der Waals surface area (Å²) >= 11 is 0. The van der Waals surface area contributed by atoms with Crippen LogP contribution < -0.4 is 16.4 Å². The minimum atomic E-state index is -1.51. The van der Waals surface area contributed by atoms with Gasteiger partial charge in [0.25, 0.3) is 5.56 Å². The van der Waals surface area contributed by atoms with Gasteiger partial charge in [-0.05, 0) is 24.1 Å². The summed E-state index contributed by atoms with van der Waals surface area (Å²) in [6.45, 7) is 4.11. The molecule has 0 saturated heterocycles. The molecule has 0 amide bonds. The lowest BCUT2D eigenvalue weighted by atomic mass is 10.1. The number of carbonyl (C=O) groups is 1. The Morgan fingerprint density at radius 3 is 2.62 bits per heavy atom. The molecule has 0 unspecified atom stereocenters. The first-order chi connectivity index (χ1) is 12.3. The van der Waals surface area contributed by atoms with Crippen LogP contribution in [0.1, 0.15) is 24.2 Å². The summed E-state index contributed by atoms with van der Waals surface area (Å²) in [4.78, 5) is 45.3. The molecule has 0 aliphatic carbocycles. The lowest BCUT2D eigenvalue weighted by Gasteiger charge is -2.16. The summed E-state index contributed by atoms with van der Waals surface area (Å²) in [6, 6.07) is 4.68. The van der Waals surface area contributed by atoms with Gasteiger partial charge in [-0.15, -0.1) is 0 Å². The van der Waals surface area contributed by atoms with Crippen LogP contribution in [-0.4, -0.2) is 25.1 Å². The molecule has 0 N–H and O–H groups in total. The minimum Gasteiger partial charge on any atom is -0.545 e. The Labute approximate surface area is 148 Å². The molecule has 26 heavy (non-hydrogen) atoms. The average Bonchev–Trinajstić information content (AvgIpc) is 2.62. The summed E-state index contributed by atoms with van der Waals surface area (Å²) in [6.07, 6.45) is 3.10. The zero-order chi connectivity index (χ0) is 19.0. The zero-order valence-electron chi connectivity index (χ0n) is 14.6. The normalized spacial score (nSPS) is 11.2. The molecule has 3 aromatic heterocycles. The number of rotatable bonds is 4. The van der Waals surface area contributed by atoms with E-state index >= 15 is 0 Å². The highest BCUT2D eigenvalue weighted by Crippen LogP contribution is 2.22. The molecule has 0 bridgehead atoms. The van der Waals surface area contributed by atoms with Crippen LogP contribution >= 0.6 is 0 Å². The third-order valence-electron chi connectivity index (χ3n) is 4.02. The maximum atomic E-state index is 12.6. The van der Waals surface area contributed by atoms with Crippen molar-refractivity contribution in [3.63, 3.8) is 0 Å². The molecular formula is C18H17N4O4-. The highest BCUT2D eigenvalue weighted by atomic mass is 16.4. The summed E-state index contributed by atoms with van der Waals surface area (Å²) in [5.74, 6) is -1.42. The topological polar surface area (TPSA) is 110 Å². The summed E-state index contributed by atoms with van der Waals surface area (Å²) < 4.78 is 2.22. The van der Waals surface area contributed by atoms with E-state index in [1.165, 1.54) is 23.9 Å². The van der Waals surface area contributed by atoms with Gasteiger partial charge in [-0.25, -0.2) is 9.78 Å². The number of aromatic carboxylic acids is 1. The van der Waals surface area contributed by atoms with Crippen molar-refractivity contribution in [2.24, 2.45) is 13.0 Å². The molecule has 0 radical (unpaired) electrons. The average molecular weight is 353 g/mol. The van der Waals surface area contributed by atoms with E-state index in [2.05, 4.69) is 9.97 Å². The second kappa shape index (κ2) is 6.55. The number of fused-ring (bicyclic) bond motifs is 1. The molecule has 3 aromatic rings. The second-order valence-corrected chi connectivity index (χ2v) is 6.43. The SMILES string of the molecule is CC(C)Cn1c(=O)n(C)c(=O)c2c(C(=O)[O-])cc(-c3cccnc3)nc21. The van der Waals surface area contributed by atoms with Crippen molar-refractivity contribution in [1.29, 1.82) is 0 Å². The van der Waals surface area contributed by atoms with Gasteiger partial charge in [0.2, 0.25) is 0 Å². The molecule has 0 aliphatic heterocycles. The minimum absolute atomic E-state index is 0.0346. The van der Waals surface area contributed by atoms with E-state index in [1.54, 1.807) is 18.3 Å². The van der Waals surface area contributed by atoms with E-state index in [0.29, 0.717) is 17.8 Å². The Morgan fingerprint density at radius 1 is 1.31 bits per heavy atom. The zero-order valence-corrected chi connectivity index (χ0v) is 14.6. The van der Waals surface area contributed by atoms with Crippen LogP contribution in [0.5, 0.6) is 0 Å². The maximum absolute atomic E-state index is 12.6. The van der Waals surface area contributed by atoms with Crippen molar-refractivity contribution >= 4 is 17.0 Å². The molecule has 8 nitrogen and oxygen atoms in total. The van der Waals surface area contributed by atoms with Crippen molar-refractivity contribution in [3.05, 3.63) is 57.0 Å². The lowest BCUT2D eigenvalue weighted by molar-refractivity contribution is -0.254. The molecule has 0 aromatic carbocycles. The van der Waals surface area contributed by atoms with Gasteiger partial charge in [0.15, 0.2) is 5.65 Å². The van der Waals surface area contributed by atoms with Crippen LogP contribution in [-0.2, 0) is 13.6 Å². The van der Waals surface area contributed by atoms with Gasteiger partial charge in [-0.2, -0.15) is 0 Å². The first-order valence-electron chi connectivity index (χ1n) is 8.07. The largest absolute Gasteiger partial charge is 0.545 e. The Bertz CT molecular complexity index is 1110. The van der Waals surface area contributed by atoms with Gasteiger partial charge >= 0.3 is 5.69 Å². The fourth-order valence-electron chi connectivity index (χ4n) is 2.82. The third kappa shape index (κ3) is 2.90. The van der Waals surface area contributed by atoms with Gasteiger partial charge in [0.05, 0.1) is 17.0 Å². The van der Waals surface area contributed by atoms with E-state index < -0.39 is 17.2 Å². The Morgan fingerprint density at radius 2 is 2.04 bits per heavy atom. The number of hydrogen-bond donors (Lipinski definition) is 0. The Kier molecular flexibility index (Phi) is 4.41. The van der Waals surface area contributed by atoms with E-state index in [1.807, 2.05) is 13.8 Å². The number of pyridine rings is 2. The first-order valence-corrected chi connectivity index (χ1v) is 8.07. The van der Waals surface area contributed by atoms with Crippen LogP contribution in [0.4, 0.5) is 0 Å². The summed E-state index contributed by atoms with van der Waals surface area (Å²) in [5, 5.41) is 11.6. The van der Waals surface area contributed by atoms with E-state index in [0.717, 1.165) is 4.57 Å². The van der Waals surface area contributed by atoms with Crippen molar-refractivity contribution < 1.29 is 9.90 Å². The highest BCUT2D eigenvalue weighted by Gasteiger charge is 2.19. The van der Waals surface area contributed by atoms with Gasteiger partial charge in [0, 0.05) is 37.1 Å². The van der Waals surface area contributed by atoms with Gasteiger partial charge in [-0.1, -0.05) is 13.8 Å². The molecule has 8 heteroatoms. The van der Waals surface area contributed by atoms with Crippen molar-refractivity contribution in [3.8, 4) is 11.3 Å². The molecular weight excluding hydrogens is 336 g/mol. The predicted molar refractivity (Wildman–Crippen MR) is 93.6 cm³/mol. The molecule has 3 heterocycles. The number of carbonyl (C=O) groups excluding carboxylic acids is 1. The van der Waals surface area contributed by atoms with Crippen LogP contribution in [0.15, 0.2) is 40.2 Å². The van der Waals surface area contributed by atoms with Gasteiger partial charge in [-0.3, -0.25) is 18.9 Å². The number of carboxylic acids is 1. The quantitative estimate of drug-likeness (QED) is 0.661. The van der Waals surface area contributed by atoms with E-state index in [-0.39, 0.29) is 22.5 Å². The molecule has 134 valence electrons. The second-order valence-electron chi connectivity index (χ2n) is 6.43. The fraction of sp³-hybridized carbons (Fsp3) is 0.278. The highest BCUT2D eigenvalue weighted by molar-refractivity contribution is 6.01. The molecule has 0 spiro atoms. The van der Waals surface area contributed by atoms with Crippen molar-refractivity contribution in [2.75, 3.05) is 0 Å². The van der Waals surface area contributed by atoms with Gasteiger partial charge in [0.1, 0.15) is 0 Å². The Balaban J connectivity index is 2.51. The summed E-state index contributed by atoms with van der Waals surface area (Å²) in [7, 11) is 1.31. The number of carboxylic acid groups (broad SMARTS) is 1. The van der Waals surface area contributed by atoms with Gasteiger partial charge < -0.3 is 9.90 Å². The molecule has 0 fully saturated rings. The van der Waals surface area contributed by atoms with E-state index in [9.17, 15) is 19.5 Å². The molecule has 0 aliphatic rings. The monoisotopic (exact) mass is 353 g/mol. The summed E-state index contributed by atoms with van der Waals surface area (Å²) in [5.41, 5.74) is -0.652. The third-order valence-corrected chi connectivity index (χ3v) is 4.02. The number of nitrogens with zero attached hydrogens (tertiary/aromatic N) is 4. The number of aromatic nitrogens is 4. The molecule has 3 rings (SSSR count). The lowest BCUT2D eigenvalue weighted by Crippen LogP contribution is -2.40. The number of hydrogen-bond acceptors (Lipinski definition) is 6.